The van der Waals surface area contributed by atoms with Crippen molar-refractivity contribution < 1.29 is 9.47 Å². The third-order valence-corrected chi connectivity index (χ3v) is 4.29. The maximum absolute atomic E-state index is 6.11. The summed E-state index contributed by atoms with van der Waals surface area (Å²) in [5, 5.41) is 0. The van der Waals surface area contributed by atoms with E-state index in [-0.39, 0.29) is 0 Å². The summed E-state index contributed by atoms with van der Waals surface area (Å²) in [6, 6.07) is 4.46. The van der Waals surface area contributed by atoms with Crippen LogP contribution in [0, 0.1) is 20.8 Å². The van der Waals surface area contributed by atoms with Crippen LogP contribution >= 0.6 is 0 Å². The van der Waals surface area contributed by atoms with Crippen molar-refractivity contribution in [3.8, 4) is 0 Å². The summed E-state index contributed by atoms with van der Waals surface area (Å²) >= 11 is 0. The minimum atomic E-state index is -0.594. The van der Waals surface area contributed by atoms with Gasteiger partial charge < -0.3 is 14.0 Å². The Balaban J connectivity index is 1.90. The molecule has 3 rings (SSSR count). The standard InChI is InChI=1S/C18H24N2O2/c1-14-9-15(2)17(16(3)10-14)11-18(21-7-4-8-22-18)12-20-6-5-19-13-20/h5-6,9-10,13H,4,7-8,11-12H2,1-3H3. The molecule has 0 saturated carbocycles. The Morgan fingerprint density at radius 2 is 1.82 bits per heavy atom. The van der Waals surface area contributed by atoms with Gasteiger partial charge in [0.1, 0.15) is 0 Å². The summed E-state index contributed by atoms with van der Waals surface area (Å²) in [5.41, 5.74) is 5.24. The number of nitrogens with zero attached hydrogens (tertiary/aromatic N) is 2. The zero-order valence-electron chi connectivity index (χ0n) is 13.6. The molecule has 1 aromatic carbocycles. The van der Waals surface area contributed by atoms with Crippen LogP contribution in [0.15, 0.2) is 30.9 Å². The summed E-state index contributed by atoms with van der Waals surface area (Å²) in [7, 11) is 0. The van der Waals surface area contributed by atoms with Crippen LogP contribution in [0.2, 0.25) is 0 Å². The van der Waals surface area contributed by atoms with Gasteiger partial charge in [-0.15, -0.1) is 0 Å². The highest BCUT2D eigenvalue weighted by Gasteiger charge is 2.36. The summed E-state index contributed by atoms with van der Waals surface area (Å²) < 4.78 is 14.3. The molecule has 2 heterocycles. The zero-order chi connectivity index (χ0) is 15.6. The summed E-state index contributed by atoms with van der Waals surface area (Å²) in [6.45, 7) is 8.64. The smallest absolute Gasteiger partial charge is 0.190 e. The SMILES string of the molecule is Cc1cc(C)c(CC2(Cn3ccnc3)OCCCO2)c(C)c1. The molecule has 22 heavy (non-hydrogen) atoms. The van der Waals surface area contributed by atoms with Crippen LogP contribution in [-0.4, -0.2) is 28.6 Å². The number of ether oxygens (including phenoxy) is 2. The number of aromatic nitrogens is 2. The van der Waals surface area contributed by atoms with Gasteiger partial charge in [0.25, 0.3) is 0 Å². The molecule has 1 aromatic heterocycles. The molecule has 0 radical (unpaired) electrons. The molecule has 0 bridgehead atoms. The number of hydrogen-bond donors (Lipinski definition) is 0. The summed E-state index contributed by atoms with van der Waals surface area (Å²) in [6.07, 6.45) is 7.29. The molecule has 0 N–H and O–H groups in total. The van der Waals surface area contributed by atoms with Crippen molar-refractivity contribution in [1.82, 2.24) is 9.55 Å². The van der Waals surface area contributed by atoms with Crippen LogP contribution in [0.5, 0.6) is 0 Å². The van der Waals surface area contributed by atoms with E-state index in [1.807, 2.05) is 17.1 Å². The van der Waals surface area contributed by atoms with Gasteiger partial charge in [-0.1, -0.05) is 17.7 Å². The second kappa shape index (κ2) is 6.23. The molecule has 1 aliphatic rings. The van der Waals surface area contributed by atoms with E-state index in [0.717, 1.165) is 26.1 Å². The van der Waals surface area contributed by atoms with Gasteiger partial charge in [-0.3, -0.25) is 0 Å². The lowest BCUT2D eigenvalue weighted by Gasteiger charge is -2.38. The van der Waals surface area contributed by atoms with Crippen LogP contribution in [0.3, 0.4) is 0 Å². The van der Waals surface area contributed by atoms with Crippen LogP contribution < -0.4 is 0 Å². The fourth-order valence-corrected chi connectivity index (χ4v) is 3.28. The lowest BCUT2D eigenvalue weighted by atomic mass is 9.93. The zero-order valence-corrected chi connectivity index (χ0v) is 13.6. The van der Waals surface area contributed by atoms with Crippen molar-refractivity contribution in [2.75, 3.05) is 13.2 Å². The quantitative estimate of drug-likeness (QED) is 0.870. The Labute approximate surface area is 132 Å². The fraction of sp³-hybridized carbons (Fsp3) is 0.500. The summed E-state index contributed by atoms with van der Waals surface area (Å²) in [4.78, 5) is 4.12. The maximum atomic E-state index is 6.11. The minimum Gasteiger partial charge on any atom is -0.348 e. The molecule has 4 heteroatoms. The number of aryl methyl sites for hydroxylation is 3. The van der Waals surface area contributed by atoms with E-state index in [1.165, 1.54) is 22.3 Å². The van der Waals surface area contributed by atoms with E-state index in [0.29, 0.717) is 6.54 Å². The first-order valence-electron chi connectivity index (χ1n) is 7.88. The molecule has 0 spiro atoms. The summed E-state index contributed by atoms with van der Waals surface area (Å²) in [5.74, 6) is -0.594. The molecule has 0 aliphatic carbocycles. The molecule has 1 aliphatic heterocycles. The van der Waals surface area contributed by atoms with E-state index >= 15 is 0 Å². The molecule has 0 amide bonds. The molecule has 4 nitrogen and oxygen atoms in total. The predicted molar refractivity (Wildman–Crippen MR) is 85.8 cm³/mol. The van der Waals surface area contributed by atoms with Gasteiger partial charge in [-0.2, -0.15) is 0 Å². The van der Waals surface area contributed by atoms with Crippen LogP contribution in [0.4, 0.5) is 0 Å². The lowest BCUT2D eigenvalue weighted by Crippen LogP contribution is -2.46. The highest BCUT2D eigenvalue weighted by atomic mass is 16.7. The van der Waals surface area contributed by atoms with Gasteiger partial charge in [0.2, 0.25) is 0 Å². The van der Waals surface area contributed by atoms with Gasteiger partial charge in [0.05, 0.1) is 26.1 Å². The Morgan fingerprint density at radius 3 is 2.41 bits per heavy atom. The minimum absolute atomic E-state index is 0.594. The monoisotopic (exact) mass is 300 g/mol. The van der Waals surface area contributed by atoms with Crippen LogP contribution in [0.25, 0.3) is 0 Å². The molecule has 118 valence electrons. The Bertz CT molecular complexity index is 606. The molecule has 1 saturated heterocycles. The van der Waals surface area contributed by atoms with Crippen LogP contribution in [-0.2, 0) is 22.4 Å². The first kappa shape index (κ1) is 15.3. The highest BCUT2D eigenvalue weighted by molar-refractivity contribution is 5.38. The highest BCUT2D eigenvalue weighted by Crippen LogP contribution is 2.29. The second-order valence-corrected chi connectivity index (χ2v) is 6.25. The van der Waals surface area contributed by atoms with Crippen molar-refractivity contribution in [3.05, 3.63) is 53.1 Å². The number of imidazole rings is 1. The molecule has 1 fully saturated rings. The van der Waals surface area contributed by atoms with E-state index in [9.17, 15) is 0 Å². The Morgan fingerprint density at radius 1 is 1.14 bits per heavy atom. The van der Waals surface area contributed by atoms with E-state index in [2.05, 4.69) is 37.9 Å². The van der Waals surface area contributed by atoms with E-state index < -0.39 is 5.79 Å². The van der Waals surface area contributed by atoms with Crippen molar-refractivity contribution in [2.24, 2.45) is 0 Å². The molecule has 2 aromatic rings. The molecular weight excluding hydrogens is 276 g/mol. The third kappa shape index (κ3) is 3.23. The third-order valence-electron chi connectivity index (χ3n) is 4.29. The fourth-order valence-electron chi connectivity index (χ4n) is 3.28. The average molecular weight is 300 g/mol. The van der Waals surface area contributed by atoms with Gasteiger partial charge >= 0.3 is 0 Å². The van der Waals surface area contributed by atoms with Gasteiger partial charge in [0, 0.05) is 18.8 Å². The van der Waals surface area contributed by atoms with Gasteiger partial charge in [-0.05, 0) is 43.9 Å². The number of rotatable bonds is 4. The van der Waals surface area contributed by atoms with E-state index in [1.54, 1.807) is 6.20 Å². The van der Waals surface area contributed by atoms with Crippen molar-refractivity contribution >= 4 is 0 Å². The van der Waals surface area contributed by atoms with E-state index in [4.69, 9.17) is 9.47 Å². The normalized spacial score (nSPS) is 17.6. The predicted octanol–water partition coefficient (Wildman–Crippen LogP) is 3.18. The first-order valence-corrected chi connectivity index (χ1v) is 7.88. The second-order valence-electron chi connectivity index (χ2n) is 6.25. The van der Waals surface area contributed by atoms with Gasteiger partial charge in [-0.25, -0.2) is 4.98 Å². The number of benzene rings is 1. The largest absolute Gasteiger partial charge is 0.348 e. The lowest BCUT2D eigenvalue weighted by molar-refractivity contribution is -0.273. The van der Waals surface area contributed by atoms with Crippen molar-refractivity contribution in [2.45, 2.75) is 45.9 Å². The molecular formula is C18H24N2O2. The molecule has 0 unspecified atom stereocenters. The number of hydrogen-bond acceptors (Lipinski definition) is 3. The maximum Gasteiger partial charge on any atom is 0.190 e. The van der Waals surface area contributed by atoms with Gasteiger partial charge in [0.15, 0.2) is 5.79 Å². The topological polar surface area (TPSA) is 36.3 Å². The van der Waals surface area contributed by atoms with Crippen molar-refractivity contribution in [1.29, 1.82) is 0 Å². The Kier molecular flexibility index (Phi) is 4.32. The van der Waals surface area contributed by atoms with Crippen molar-refractivity contribution in [3.63, 3.8) is 0 Å². The molecule has 0 atom stereocenters. The Hall–Kier alpha value is -1.65. The van der Waals surface area contributed by atoms with Crippen LogP contribution in [0.1, 0.15) is 28.7 Å². The average Bonchev–Trinajstić information content (AvgIpc) is 2.97. The first-order chi connectivity index (χ1) is 10.6.